The molecule has 0 aliphatic heterocycles. The topological polar surface area (TPSA) is 59.1 Å². The maximum absolute atomic E-state index is 14.1. The number of aryl methyl sites for hydroxylation is 1. The molecule has 1 aliphatic carbocycles. The number of rotatable bonds is 3. The van der Waals surface area contributed by atoms with Crippen molar-refractivity contribution in [1.29, 1.82) is 5.41 Å². The highest BCUT2D eigenvalue weighted by molar-refractivity contribution is 5.95. The first-order valence-corrected chi connectivity index (χ1v) is 7.03. The summed E-state index contributed by atoms with van der Waals surface area (Å²) in [6.07, 6.45) is 2.84. The fraction of sp³-hybridized carbons (Fsp3) is 0.235. The SMILES string of the molecule is N=C(N)c1ccc(OC2CCCc3ccccc32)c(F)c1. The van der Waals surface area contributed by atoms with Crippen LogP contribution in [-0.4, -0.2) is 5.84 Å². The third kappa shape index (κ3) is 2.75. The molecule has 21 heavy (non-hydrogen) atoms. The van der Waals surface area contributed by atoms with Crippen LogP contribution in [0, 0.1) is 11.2 Å². The monoisotopic (exact) mass is 284 g/mol. The van der Waals surface area contributed by atoms with Gasteiger partial charge in [0.1, 0.15) is 11.9 Å². The molecule has 4 heteroatoms. The minimum Gasteiger partial charge on any atom is -0.483 e. The molecular formula is C17H17FN2O. The van der Waals surface area contributed by atoms with Gasteiger partial charge in [-0.3, -0.25) is 5.41 Å². The largest absolute Gasteiger partial charge is 0.483 e. The van der Waals surface area contributed by atoms with Crippen LogP contribution in [0.3, 0.4) is 0 Å². The lowest BCUT2D eigenvalue weighted by Gasteiger charge is -2.26. The summed E-state index contributed by atoms with van der Waals surface area (Å²) in [5, 5.41) is 7.32. The van der Waals surface area contributed by atoms with Crippen LogP contribution in [0.15, 0.2) is 42.5 Å². The predicted octanol–water partition coefficient (Wildman–Crippen LogP) is 3.57. The number of amidine groups is 1. The number of nitrogens with two attached hydrogens (primary N) is 1. The molecule has 0 saturated heterocycles. The van der Waals surface area contributed by atoms with Crippen molar-refractivity contribution in [2.75, 3.05) is 0 Å². The summed E-state index contributed by atoms with van der Waals surface area (Å²) in [6.45, 7) is 0. The first kappa shape index (κ1) is 13.6. The van der Waals surface area contributed by atoms with Crippen LogP contribution < -0.4 is 10.5 Å². The lowest BCUT2D eigenvalue weighted by atomic mass is 9.89. The van der Waals surface area contributed by atoms with Crippen LogP contribution in [0.1, 0.15) is 35.6 Å². The lowest BCUT2D eigenvalue weighted by Crippen LogP contribution is -2.16. The molecule has 3 nitrogen and oxygen atoms in total. The molecule has 1 unspecified atom stereocenters. The third-order valence-electron chi connectivity index (χ3n) is 3.83. The van der Waals surface area contributed by atoms with Crippen LogP contribution in [0.25, 0.3) is 0 Å². The van der Waals surface area contributed by atoms with E-state index in [1.54, 1.807) is 12.1 Å². The van der Waals surface area contributed by atoms with Gasteiger partial charge in [-0.15, -0.1) is 0 Å². The Kier molecular flexibility index (Phi) is 3.60. The minimum atomic E-state index is -0.481. The molecule has 0 amide bonds. The maximum atomic E-state index is 14.1. The number of nitrogens with one attached hydrogen (secondary N) is 1. The van der Waals surface area contributed by atoms with Gasteiger partial charge in [-0.2, -0.15) is 0 Å². The van der Waals surface area contributed by atoms with Gasteiger partial charge >= 0.3 is 0 Å². The molecular weight excluding hydrogens is 267 g/mol. The number of hydrogen-bond donors (Lipinski definition) is 2. The van der Waals surface area contributed by atoms with Gasteiger partial charge in [-0.1, -0.05) is 24.3 Å². The van der Waals surface area contributed by atoms with E-state index in [0.29, 0.717) is 5.56 Å². The molecule has 1 atom stereocenters. The molecule has 108 valence electrons. The van der Waals surface area contributed by atoms with E-state index in [0.717, 1.165) is 24.8 Å². The number of hydrogen-bond acceptors (Lipinski definition) is 2. The Morgan fingerprint density at radius 3 is 2.81 bits per heavy atom. The van der Waals surface area contributed by atoms with Crippen molar-refractivity contribution in [1.82, 2.24) is 0 Å². The average Bonchev–Trinajstić information content (AvgIpc) is 2.49. The summed E-state index contributed by atoms with van der Waals surface area (Å²) >= 11 is 0. The fourth-order valence-electron chi connectivity index (χ4n) is 2.75. The third-order valence-corrected chi connectivity index (χ3v) is 3.83. The average molecular weight is 284 g/mol. The second-order valence-electron chi connectivity index (χ2n) is 5.26. The van der Waals surface area contributed by atoms with Crippen molar-refractivity contribution in [3.8, 4) is 5.75 Å². The molecule has 2 aromatic rings. The van der Waals surface area contributed by atoms with Crippen molar-refractivity contribution in [2.45, 2.75) is 25.4 Å². The summed E-state index contributed by atoms with van der Waals surface area (Å²) in [4.78, 5) is 0. The highest BCUT2D eigenvalue weighted by atomic mass is 19.1. The van der Waals surface area contributed by atoms with Crippen LogP contribution in [0.5, 0.6) is 5.75 Å². The Hall–Kier alpha value is -2.36. The molecule has 3 rings (SSSR count). The van der Waals surface area contributed by atoms with E-state index in [2.05, 4.69) is 6.07 Å². The van der Waals surface area contributed by atoms with Crippen molar-refractivity contribution < 1.29 is 9.13 Å². The van der Waals surface area contributed by atoms with Crippen LogP contribution in [-0.2, 0) is 6.42 Å². The zero-order chi connectivity index (χ0) is 14.8. The fourth-order valence-corrected chi connectivity index (χ4v) is 2.75. The lowest BCUT2D eigenvalue weighted by molar-refractivity contribution is 0.175. The van der Waals surface area contributed by atoms with Crippen LogP contribution in [0.4, 0.5) is 4.39 Å². The molecule has 0 bridgehead atoms. The smallest absolute Gasteiger partial charge is 0.165 e. The van der Waals surface area contributed by atoms with Gasteiger partial charge in [-0.25, -0.2) is 4.39 Å². The molecule has 0 saturated carbocycles. The number of ether oxygens (including phenoxy) is 1. The van der Waals surface area contributed by atoms with Gasteiger partial charge in [0.15, 0.2) is 11.6 Å². The molecule has 0 heterocycles. The Labute approximate surface area is 123 Å². The summed E-state index contributed by atoms with van der Waals surface area (Å²) < 4.78 is 19.9. The summed E-state index contributed by atoms with van der Waals surface area (Å²) in [5.41, 5.74) is 8.13. The van der Waals surface area contributed by atoms with Crippen molar-refractivity contribution in [3.63, 3.8) is 0 Å². The molecule has 1 aliphatic rings. The van der Waals surface area contributed by atoms with Crippen molar-refractivity contribution in [3.05, 3.63) is 65.0 Å². The van der Waals surface area contributed by atoms with E-state index in [9.17, 15) is 4.39 Å². The second-order valence-corrected chi connectivity index (χ2v) is 5.26. The quantitative estimate of drug-likeness (QED) is 0.668. The summed E-state index contributed by atoms with van der Waals surface area (Å²) in [6, 6.07) is 12.5. The Bertz CT molecular complexity index is 684. The Morgan fingerprint density at radius 1 is 1.24 bits per heavy atom. The van der Waals surface area contributed by atoms with Crippen LogP contribution >= 0.6 is 0 Å². The van der Waals surface area contributed by atoms with E-state index in [4.69, 9.17) is 15.9 Å². The van der Waals surface area contributed by atoms with E-state index in [1.165, 1.54) is 11.6 Å². The van der Waals surface area contributed by atoms with Gasteiger partial charge in [0.05, 0.1) is 0 Å². The Morgan fingerprint density at radius 2 is 2.05 bits per heavy atom. The molecule has 0 radical (unpaired) electrons. The number of halogens is 1. The maximum Gasteiger partial charge on any atom is 0.165 e. The predicted molar refractivity (Wildman–Crippen MR) is 80.2 cm³/mol. The minimum absolute atomic E-state index is 0.118. The highest BCUT2D eigenvalue weighted by Crippen LogP contribution is 2.34. The second kappa shape index (κ2) is 5.56. The van der Waals surface area contributed by atoms with Gasteiger partial charge in [0.2, 0.25) is 0 Å². The van der Waals surface area contributed by atoms with E-state index < -0.39 is 5.82 Å². The number of fused-ring (bicyclic) bond motifs is 1. The van der Waals surface area contributed by atoms with Gasteiger partial charge in [-0.05, 0) is 48.6 Å². The van der Waals surface area contributed by atoms with Gasteiger partial charge < -0.3 is 10.5 Å². The van der Waals surface area contributed by atoms with Crippen LogP contribution in [0.2, 0.25) is 0 Å². The standard InChI is InChI=1S/C17H17FN2O/c18-14-10-12(17(19)20)8-9-16(14)21-15-7-3-5-11-4-1-2-6-13(11)15/h1-2,4,6,8-10,15H,3,5,7H2,(H3,19,20). The van der Waals surface area contributed by atoms with E-state index in [-0.39, 0.29) is 17.7 Å². The first-order valence-electron chi connectivity index (χ1n) is 7.03. The Balaban J connectivity index is 1.86. The van der Waals surface area contributed by atoms with Crippen molar-refractivity contribution >= 4 is 5.84 Å². The number of nitrogen functional groups attached to an aromatic ring is 1. The van der Waals surface area contributed by atoms with E-state index in [1.807, 2.05) is 18.2 Å². The van der Waals surface area contributed by atoms with Gasteiger partial charge in [0.25, 0.3) is 0 Å². The molecule has 0 aromatic heterocycles. The summed E-state index contributed by atoms with van der Waals surface area (Å²) in [5.74, 6) is -0.420. The molecule has 0 fully saturated rings. The molecule has 3 N–H and O–H groups in total. The highest BCUT2D eigenvalue weighted by Gasteiger charge is 2.22. The zero-order valence-electron chi connectivity index (χ0n) is 11.6. The molecule has 2 aromatic carbocycles. The van der Waals surface area contributed by atoms with Gasteiger partial charge in [0, 0.05) is 5.56 Å². The normalized spacial score (nSPS) is 17.1. The first-order chi connectivity index (χ1) is 10.1. The summed E-state index contributed by atoms with van der Waals surface area (Å²) in [7, 11) is 0. The zero-order valence-corrected chi connectivity index (χ0v) is 11.6. The number of benzene rings is 2. The molecule has 0 spiro atoms. The van der Waals surface area contributed by atoms with Crippen molar-refractivity contribution in [2.24, 2.45) is 5.73 Å². The van der Waals surface area contributed by atoms with E-state index >= 15 is 0 Å².